The number of methoxy groups -OCH3 is 6. The van der Waals surface area contributed by atoms with E-state index in [1.807, 2.05) is 72.8 Å². The third kappa shape index (κ3) is 15.2. The van der Waals surface area contributed by atoms with E-state index in [4.69, 9.17) is 28.4 Å². The number of anilines is 15. The molecular formula is C97H81N5O6. The highest BCUT2D eigenvalue weighted by Crippen LogP contribution is 2.45. The van der Waals surface area contributed by atoms with Crippen molar-refractivity contribution in [3.05, 3.63) is 370 Å². The van der Waals surface area contributed by atoms with Crippen molar-refractivity contribution in [3.63, 3.8) is 0 Å². The third-order valence-electron chi connectivity index (χ3n) is 19.6. The van der Waals surface area contributed by atoms with E-state index in [1.165, 1.54) is 5.56 Å². The lowest BCUT2D eigenvalue weighted by molar-refractivity contribution is 0.414. The normalized spacial score (nSPS) is 10.9. The van der Waals surface area contributed by atoms with Crippen molar-refractivity contribution >= 4 is 85.3 Å². The highest BCUT2D eigenvalue weighted by molar-refractivity contribution is 5.87. The van der Waals surface area contributed by atoms with Crippen molar-refractivity contribution < 1.29 is 28.4 Å². The van der Waals surface area contributed by atoms with Gasteiger partial charge in [0.1, 0.15) is 34.5 Å². The lowest BCUT2D eigenvalue weighted by Gasteiger charge is -2.27. The van der Waals surface area contributed by atoms with Gasteiger partial charge in [-0.1, -0.05) is 115 Å². The highest BCUT2D eigenvalue weighted by Gasteiger charge is 2.21. The maximum Gasteiger partial charge on any atom is 0.119 e. The maximum atomic E-state index is 5.63. The predicted octanol–water partition coefficient (Wildman–Crippen LogP) is 26.1. The Hall–Kier alpha value is -13.9. The minimum absolute atomic E-state index is 0.790. The first-order valence-corrected chi connectivity index (χ1v) is 35.8. The van der Waals surface area contributed by atoms with Gasteiger partial charge in [0, 0.05) is 85.3 Å². The minimum atomic E-state index is 0.790. The highest BCUT2D eigenvalue weighted by atomic mass is 16.5. The first kappa shape index (κ1) is 69.8. The van der Waals surface area contributed by atoms with Crippen LogP contribution in [-0.4, -0.2) is 42.7 Å². The third-order valence-corrected chi connectivity index (χ3v) is 19.6. The fourth-order valence-electron chi connectivity index (χ4n) is 13.7. The van der Waals surface area contributed by atoms with Crippen LogP contribution >= 0.6 is 0 Å². The Morgan fingerprint density at radius 1 is 0.130 bits per heavy atom. The molecule has 0 aliphatic carbocycles. The zero-order valence-corrected chi connectivity index (χ0v) is 61.3. The summed E-state index contributed by atoms with van der Waals surface area (Å²) in [5, 5.41) is 0. The molecule has 530 valence electrons. The van der Waals surface area contributed by atoms with Gasteiger partial charge >= 0.3 is 0 Å². The molecule has 0 fully saturated rings. The number of hydrogen-bond donors (Lipinski definition) is 0. The van der Waals surface area contributed by atoms with Crippen LogP contribution in [0.25, 0.3) is 44.5 Å². The summed E-state index contributed by atoms with van der Waals surface area (Å²) in [6.07, 6.45) is 0. The van der Waals surface area contributed by atoms with Crippen molar-refractivity contribution in [1.29, 1.82) is 0 Å². The fourth-order valence-corrected chi connectivity index (χ4v) is 13.7. The molecule has 0 spiro atoms. The van der Waals surface area contributed by atoms with Crippen molar-refractivity contribution in [2.24, 2.45) is 0 Å². The number of hydrogen-bond acceptors (Lipinski definition) is 11. The second-order valence-electron chi connectivity index (χ2n) is 26.1. The Labute approximate surface area is 632 Å². The monoisotopic (exact) mass is 1410 g/mol. The number of aryl methyl sites for hydroxylation is 1. The molecular weight excluding hydrogens is 1330 g/mol. The van der Waals surface area contributed by atoms with Gasteiger partial charge < -0.3 is 52.9 Å². The van der Waals surface area contributed by atoms with Crippen LogP contribution in [-0.2, 0) is 0 Å². The average molecular weight is 1410 g/mol. The molecule has 0 aromatic heterocycles. The molecule has 15 aromatic rings. The molecule has 0 bridgehead atoms. The van der Waals surface area contributed by atoms with Crippen LogP contribution in [0.3, 0.4) is 0 Å². The summed E-state index contributed by atoms with van der Waals surface area (Å²) in [4.78, 5) is 11.3. The molecule has 0 aliphatic heterocycles. The molecule has 0 atom stereocenters. The van der Waals surface area contributed by atoms with Crippen molar-refractivity contribution in [2.75, 3.05) is 67.2 Å². The molecule has 0 aliphatic rings. The molecule has 11 nitrogen and oxygen atoms in total. The van der Waals surface area contributed by atoms with E-state index in [1.54, 1.807) is 42.7 Å². The summed E-state index contributed by atoms with van der Waals surface area (Å²) < 4.78 is 33.3. The average Bonchev–Trinajstić information content (AvgIpc) is 0.808. The summed E-state index contributed by atoms with van der Waals surface area (Å²) in [5.41, 5.74) is 25.4. The van der Waals surface area contributed by atoms with E-state index in [0.717, 1.165) is 164 Å². The molecule has 15 aromatic carbocycles. The molecule has 108 heavy (non-hydrogen) atoms. The lowest BCUT2D eigenvalue weighted by Crippen LogP contribution is -2.10. The van der Waals surface area contributed by atoms with E-state index in [2.05, 4.69) is 323 Å². The Kier molecular flexibility index (Phi) is 20.7. The van der Waals surface area contributed by atoms with Gasteiger partial charge in [-0.05, 0) is 306 Å². The first-order chi connectivity index (χ1) is 53.1. The maximum absolute atomic E-state index is 5.63. The van der Waals surface area contributed by atoms with Gasteiger partial charge in [-0.3, -0.25) is 0 Å². The van der Waals surface area contributed by atoms with Crippen molar-refractivity contribution in [1.82, 2.24) is 0 Å². The Bertz CT molecular complexity index is 5370. The zero-order chi connectivity index (χ0) is 73.9. The number of benzene rings is 15. The van der Waals surface area contributed by atoms with Crippen LogP contribution in [0, 0.1) is 6.92 Å². The van der Waals surface area contributed by atoms with Gasteiger partial charge in [-0.25, -0.2) is 0 Å². The van der Waals surface area contributed by atoms with Gasteiger partial charge in [0.05, 0.1) is 42.7 Å². The largest absolute Gasteiger partial charge is 0.497 e. The molecule has 0 amide bonds. The molecule has 0 unspecified atom stereocenters. The van der Waals surface area contributed by atoms with E-state index < -0.39 is 0 Å². The van der Waals surface area contributed by atoms with E-state index >= 15 is 0 Å². The number of rotatable bonds is 25. The lowest BCUT2D eigenvalue weighted by atomic mass is 10.0. The van der Waals surface area contributed by atoms with E-state index in [0.29, 0.717) is 0 Å². The summed E-state index contributed by atoms with van der Waals surface area (Å²) in [6, 6.07) is 128. The molecule has 11 heteroatoms. The first-order valence-electron chi connectivity index (χ1n) is 35.8. The van der Waals surface area contributed by atoms with Crippen LogP contribution < -0.4 is 52.9 Å². The predicted molar refractivity (Wildman–Crippen MR) is 446 cm³/mol. The van der Waals surface area contributed by atoms with Gasteiger partial charge in [0.2, 0.25) is 0 Å². The Balaban J connectivity index is 0.660. The second-order valence-corrected chi connectivity index (χ2v) is 26.1. The summed E-state index contributed by atoms with van der Waals surface area (Å²) >= 11 is 0. The van der Waals surface area contributed by atoms with Gasteiger partial charge in [0.25, 0.3) is 0 Å². The van der Waals surface area contributed by atoms with Crippen molar-refractivity contribution in [2.45, 2.75) is 6.92 Å². The van der Waals surface area contributed by atoms with Crippen LogP contribution in [0.4, 0.5) is 85.3 Å². The fraction of sp³-hybridized carbons (Fsp3) is 0.0722. The second kappa shape index (κ2) is 32.0. The van der Waals surface area contributed by atoms with Crippen LogP contribution in [0.2, 0.25) is 0 Å². The molecule has 15 rings (SSSR count). The van der Waals surface area contributed by atoms with Gasteiger partial charge in [0.15, 0.2) is 0 Å². The van der Waals surface area contributed by atoms with Gasteiger partial charge in [-0.15, -0.1) is 0 Å². The van der Waals surface area contributed by atoms with E-state index in [-0.39, 0.29) is 0 Å². The minimum Gasteiger partial charge on any atom is -0.497 e. The summed E-state index contributed by atoms with van der Waals surface area (Å²) in [7, 11) is 10.1. The summed E-state index contributed by atoms with van der Waals surface area (Å²) in [6.45, 7) is 2.11. The molecule has 0 heterocycles. The molecule has 0 radical (unpaired) electrons. The van der Waals surface area contributed by atoms with Crippen LogP contribution in [0.15, 0.2) is 364 Å². The SMILES string of the molecule is COc1ccc(N(c2ccc(C)cc2)c2ccc(-c3ccc(N(c4ccc(OC)cc4)c4ccc(-c5ccc(N(c6ccc(OC)cc6)c6ccc(-c7ccc(N(c8ccc(OC)cc8)c8ccc(-c9ccc(N(c%10ccc(OC)cc%10)c%10ccc(OC)cc%10)cc9)cc8)cc7)cc6)cc5)cc4)cc3)cc2)cc1. The molecule has 0 saturated heterocycles. The standard InChI is InChI=1S/C97H81N5O6/c1-68-8-26-77(27-9-68)98(86-44-56-92(103-2)57-45-86)78-28-10-69(11-29-78)70-12-30-79(31-13-70)99(87-46-58-93(104-3)59-47-87)80-32-14-71(15-33-80)72-16-34-81(35-17-72)100(88-48-60-94(105-4)61-49-88)82-36-18-73(19-37-82)74-20-38-83(39-21-74)101(89-50-62-95(106-5)63-51-89)84-40-22-75(23-41-84)76-24-42-85(43-25-76)102(90-52-64-96(107-6)65-53-90)91-54-66-97(108-7)67-55-91/h8-67H,1-7H3. The smallest absolute Gasteiger partial charge is 0.119 e. The van der Waals surface area contributed by atoms with Crippen LogP contribution in [0.1, 0.15) is 5.56 Å². The topological polar surface area (TPSA) is 71.6 Å². The number of ether oxygens (including phenoxy) is 6. The van der Waals surface area contributed by atoms with Crippen molar-refractivity contribution in [3.8, 4) is 79.0 Å². The molecule has 0 saturated carbocycles. The van der Waals surface area contributed by atoms with Crippen LogP contribution in [0.5, 0.6) is 34.5 Å². The Morgan fingerprint density at radius 2 is 0.222 bits per heavy atom. The summed E-state index contributed by atoms with van der Waals surface area (Å²) in [5.74, 6) is 4.79. The quantitative estimate of drug-likeness (QED) is 0.0549. The zero-order valence-electron chi connectivity index (χ0n) is 61.3. The molecule has 0 N–H and O–H groups in total. The van der Waals surface area contributed by atoms with Gasteiger partial charge in [-0.2, -0.15) is 0 Å². The number of nitrogens with zero attached hydrogens (tertiary/aromatic N) is 5. The Morgan fingerprint density at radius 3 is 0.324 bits per heavy atom. The van der Waals surface area contributed by atoms with E-state index in [9.17, 15) is 0 Å².